The number of nitriles is 2. The lowest BCUT2D eigenvalue weighted by Crippen LogP contribution is -2.06. The van der Waals surface area contributed by atoms with E-state index in [2.05, 4.69) is 9.97 Å². The molecule has 0 saturated heterocycles. The lowest BCUT2D eigenvalue weighted by atomic mass is 9.99. The highest BCUT2D eigenvalue weighted by molar-refractivity contribution is 6.02. The number of benzene rings is 3. The molecule has 4 aromatic rings. The van der Waals surface area contributed by atoms with Crippen LogP contribution in [-0.4, -0.2) is 9.97 Å². The molecule has 1 aliphatic rings. The predicted octanol–water partition coefficient (Wildman–Crippen LogP) is 7.68. The van der Waals surface area contributed by atoms with Crippen molar-refractivity contribution in [1.29, 1.82) is 10.5 Å². The van der Waals surface area contributed by atoms with E-state index in [1.807, 2.05) is 12.1 Å². The molecule has 1 aromatic heterocycles. The molecule has 0 N–H and O–H groups in total. The second-order valence-electron chi connectivity index (χ2n) is 8.29. The zero-order valence-electron chi connectivity index (χ0n) is 19.0. The summed E-state index contributed by atoms with van der Waals surface area (Å²) in [5.41, 5.74) is -1.15. The number of alkyl halides is 6. The minimum absolute atomic E-state index is 0.0155. The molecule has 0 spiro atoms. The summed E-state index contributed by atoms with van der Waals surface area (Å²) >= 11 is 0. The molecule has 1 aliphatic carbocycles. The maximum atomic E-state index is 13.5. The smallest absolute Gasteiger partial charge is 0.243 e. The Kier molecular flexibility index (Phi) is 5.76. The molecule has 10 heteroatoms. The number of hydrogen-bond acceptors (Lipinski definition) is 4. The summed E-state index contributed by atoms with van der Waals surface area (Å²) in [6.07, 6.45) is -9.36. The van der Waals surface area contributed by atoms with Crippen LogP contribution < -0.4 is 0 Å². The maximum absolute atomic E-state index is 13.5. The van der Waals surface area contributed by atoms with E-state index in [1.54, 1.807) is 24.3 Å². The van der Waals surface area contributed by atoms with Gasteiger partial charge in [0.1, 0.15) is 23.4 Å². The molecule has 38 heavy (non-hydrogen) atoms. The number of allylic oxidation sites excluding steroid dienone is 1. The Morgan fingerprint density at radius 1 is 0.579 bits per heavy atom. The Hall–Kier alpha value is -4.96. The summed E-state index contributed by atoms with van der Waals surface area (Å²) in [5.74, 6) is 0. The SMILES string of the molecule is N#CC(C#N)=C1c2ccccc2-c2nc(-c3cccc(C(F)(F)F)c3)c(-c3cccc(C(F)(F)F)c3)nc21. The summed E-state index contributed by atoms with van der Waals surface area (Å²) in [5, 5.41) is 19.2. The molecule has 0 fully saturated rings. The van der Waals surface area contributed by atoms with E-state index in [0.717, 1.165) is 30.3 Å². The average molecular weight is 518 g/mol. The predicted molar refractivity (Wildman–Crippen MR) is 126 cm³/mol. The average Bonchev–Trinajstić information content (AvgIpc) is 3.21. The molecule has 4 nitrogen and oxygen atoms in total. The second-order valence-corrected chi connectivity index (χ2v) is 8.29. The fraction of sp³-hybridized carbons (Fsp3) is 0.0714. The number of halogens is 6. The standard InChI is InChI=1S/C28H12F6N4/c29-27(30,31)18-7-3-5-15(11-18)23-24(16-6-4-8-19(12-16)28(32,33)34)38-26-22(17(13-35)14-36)20-9-1-2-10-21(20)25(26)37-23/h1-12H. The maximum Gasteiger partial charge on any atom is 0.416 e. The van der Waals surface area contributed by atoms with E-state index in [1.165, 1.54) is 18.2 Å². The highest BCUT2D eigenvalue weighted by Gasteiger charge is 2.34. The Bertz CT molecular complexity index is 1700. The number of nitrogens with zero attached hydrogens (tertiary/aromatic N) is 4. The van der Waals surface area contributed by atoms with Gasteiger partial charge in [-0.15, -0.1) is 0 Å². The van der Waals surface area contributed by atoms with E-state index in [0.29, 0.717) is 11.1 Å². The minimum atomic E-state index is -4.69. The minimum Gasteiger partial charge on any atom is -0.243 e. The molecule has 0 amide bonds. The van der Waals surface area contributed by atoms with Crippen molar-refractivity contribution in [3.8, 4) is 45.9 Å². The van der Waals surface area contributed by atoms with Gasteiger partial charge in [0.05, 0.1) is 28.2 Å². The molecule has 1 heterocycles. The number of fused-ring (bicyclic) bond motifs is 3. The summed E-state index contributed by atoms with van der Waals surface area (Å²) < 4.78 is 81.0. The highest BCUT2D eigenvalue weighted by Crippen LogP contribution is 2.46. The molecule has 0 radical (unpaired) electrons. The monoisotopic (exact) mass is 518 g/mol. The molecule has 5 rings (SSSR count). The third-order valence-corrected chi connectivity index (χ3v) is 5.98. The van der Waals surface area contributed by atoms with Gasteiger partial charge in [-0.25, -0.2) is 9.97 Å². The zero-order valence-corrected chi connectivity index (χ0v) is 19.0. The Balaban J connectivity index is 1.88. The van der Waals surface area contributed by atoms with Crippen molar-refractivity contribution >= 4 is 5.57 Å². The van der Waals surface area contributed by atoms with Gasteiger partial charge in [0.2, 0.25) is 0 Å². The van der Waals surface area contributed by atoms with Gasteiger partial charge in [-0.05, 0) is 29.8 Å². The van der Waals surface area contributed by atoms with Gasteiger partial charge in [0, 0.05) is 22.3 Å². The molecular formula is C28H12F6N4. The molecular weight excluding hydrogens is 506 g/mol. The number of aromatic nitrogens is 2. The number of hydrogen-bond donors (Lipinski definition) is 0. The quantitative estimate of drug-likeness (QED) is 0.178. The first kappa shape index (κ1) is 24.7. The van der Waals surface area contributed by atoms with Crippen LogP contribution >= 0.6 is 0 Å². The van der Waals surface area contributed by atoms with Crippen LogP contribution in [-0.2, 0) is 12.4 Å². The Morgan fingerprint density at radius 2 is 1.05 bits per heavy atom. The fourth-order valence-corrected chi connectivity index (χ4v) is 4.31. The van der Waals surface area contributed by atoms with Gasteiger partial charge in [-0.2, -0.15) is 36.9 Å². The lowest BCUT2D eigenvalue weighted by Gasteiger charge is -2.15. The van der Waals surface area contributed by atoms with Gasteiger partial charge < -0.3 is 0 Å². The third kappa shape index (κ3) is 4.16. The van der Waals surface area contributed by atoms with Crippen molar-refractivity contribution in [2.75, 3.05) is 0 Å². The Labute approximate surface area is 211 Å². The number of rotatable bonds is 2. The topological polar surface area (TPSA) is 73.4 Å². The van der Waals surface area contributed by atoms with Crippen LogP contribution in [0.25, 0.3) is 39.3 Å². The normalized spacial score (nSPS) is 12.4. The van der Waals surface area contributed by atoms with Gasteiger partial charge in [-0.1, -0.05) is 48.5 Å². The summed E-state index contributed by atoms with van der Waals surface area (Å²) in [6, 6.07) is 18.7. The van der Waals surface area contributed by atoms with E-state index >= 15 is 0 Å². The van der Waals surface area contributed by atoms with Crippen molar-refractivity contribution in [3.63, 3.8) is 0 Å². The van der Waals surface area contributed by atoms with E-state index in [9.17, 15) is 36.9 Å². The van der Waals surface area contributed by atoms with Crippen molar-refractivity contribution in [2.45, 2.75) is 12.4 Å². The van der Waals surface area contributed by atoms with Gasteiger partial charge in [-0.3, -0.25) is 0 Å². The second kappa shape index (κ2) is 8.86. The zero-order chi connectivity index (χ0) is 27.2. The van der Waals surface area contributed by atoms with Crippen LogP contribution in [0.5, 0.6) is 0 Å². The molecule has 0 bridgehead atoms. The molecule has 0 saturated carbocycles. The highest BCUT2D eigenvalue weighted by atomic mass is 19.4. The van der Waals surface area contributed by atoms with Crippen molar-refractivity contribution in [1.82, 2.24) is 9.97 Å². The van der Waals surface area contributed by atoms with Gasteiger partial charge in [0.25, 0.3) is 0 Å². The van der Waals surface area contributed by atoms with Crippen LogP contribution in [0.4, 0.5) is 26.3 Å². The van der Waals surface area contributed by atoms with Crippen LogP contribution in [0.15, 0.2) is 78.4 Å². The summed E-state index contributed by atoms with van der Waals surface area (Å²) in [7, 11) is 0. The molecule has 3 aromatic carbocycles. The first-order chi connectivity index (χ1) is 18.0. The van der Waals surface area contributed by atoms with Crippen molar-refractivity contribution < 1.29 is 26.3 Å². The Morgan fingerprint density at radius 3 is 1.53 bits per heavy atom. The van der Waals surface area contributed by atoms with Gasteiger partial charge >= 0.3 is 12.4 Å². The summed E-state index contributed by atoms with van der Waals surface area (Å²) in [6.45, 7) is 0. The van der Waals surface area contributed by atoms with E-state index < -0.39 is 23.5 Å². The first-order valence-electron chi connectivity index (χ1n) is 10.9. The molecule has 0 unspecified atom stereocenters. The third-order valence-electron chi connectivity index (χ3n) is 5.98. The van der Waals surface area contributed by atoms with Crippen molar-refractivity contribution in [2.24, 2.45) is 0 Å². The molecule has 0 atom stereocenters. The lowest BCUT2D eigenvalue weighted by molar-refractivity contribution is -0.138. The van der Waals surface area contributed by atoms with Gasteiger partial charge in [0.15, 0.2) is 0 Å². The summed E-state index contributed by atoms with van der Waals surface area (Å²) in [4.78, 5) is 9.15. The van der Waals surface area contributed by atoms with E-state index in [-0.39, 0.29) is 45.0 Å². The first-order valence-corrected chi connectivity index (χ1v) is 10.9. The molecule has 186 valence electrons. The van der Waals surface area contributed by atoms with E-state index in [4.69, 9.17) is 0 Å². The molecule has 0 aliphatic heterocycles. The largest absolute Gasteiger partial charge is 0.416 e. The van der Waals surface area contributed by atoms with Crippen LogP contribution in [0.1, 0.15) is 22.4 Å². The van der Waals surface area contributed by atoms with Crippen LogP contribution in [0.3, 0.4) is 0 Å². The van der Waals surface area contributed by atoms with Crippen LogP contribution in [0, 0.1) is 22.7 Å². The van der Waals surface area contributed by atoms with Crippen LogP contribution in [0.2, 0.25) is 0 Å². The van der Waals surface area contributed by atoms with Crippen molar-refractivity contribution in [3.05, 3.63) is 101 Å². The fourth-order valence-electron chi connectivity index (χ4n) is 4.31.